The van der Waals surface area contributed by atoms with E-state index in [1.54, 1.807) is 0 Å². The topological polar surface area (TPSA) is 61.3 Å². The van der Waals surface area contributed by atoms with Crippen LogP contribution in [0.4, 0.5) is 16.2 Å². The van der Waals surface area contributed by atoms with Crippen LogP contribution in [-0.4, -0.2) is 40.8 Å². The number of nitrogens with zero attached hydrogens (tertiary/aromatic N) is 3. The van der Waals surface area contributed by atoms with Crippen LogP contribution in [0.3, 0.4) is 0 Å². The van der Waals surface area contributed by atoms with E-state index in [2.05, 4.69) is 22.2 Å². The molecule has 0 saturated carbocycles. The van der Waals surface area contributed by atoms with E-state index in [-0.39, 0.29) is 12.6 Å². The van der Waals surface area contributed by atoms with Crippen LogP contribution in [0.5, 0.6) is 0 Å². The molecule has 0 spiro atoms. The standard InChI is InChI=1S/C14H23FN4O/c1-2-7-16-14-17-10-12(15)13(18-14)19-8-4-3-5-11(19)6-9-20/h10-11,20H,2-9H2,1H3,(H,16,17,18). The maximum Gasteiger partial charge on any atom is 0.224 e. The van der Waals surface area contributed by atoms with E-state index in [9.17, 15) is 4.39 Å². The van der Waals surface area contributed by atoms with Crippen LogP contribution >= 0.6 is 0 Å². The number of aliphatic hydroxyl groups is 1. The summed E-state index contributed by atoms with van der Waals surface area (Å²) in [4.78, 5) is 10.3. The fraction of sp³-hybridized carbons (Fsp3) is 0.714. The van der Waals surface area contributed by atoms with Gasteiger partial charge < -0.3 is 15.3 Å². The Morgan fingerprint density at radius 1 is 1.50 bits per heavy atom. The van der Waals surface area contributed by atoms with Crippen molar-refractivity contribution in [2.75, 3.05) is 29.9 Å². The van der Waals surface area contributed by atoms with Gasteiger partial charge in [0.15, 0.2) is 11.6 Å². The first-order valence-electron chi connectivity index (χ1n) is 7.40. The van der Waals surface area contributed by atoms with E-state index < -0.39 is 5.82 Å². The third kappa shape index (κ3) is 3.56. The molecule has 0 bridgehead atoms. The van der Waals surface area contributed by atoms with Crippen molar-refractivity contribution in [1.29, 1.82) is 0 Å². The van der Waals surface area contributed by atoms with Gasteiger partial charge in [0.1, 0.15) is 0 Å². The van der Waals surface area contributed by atoms with Crippen LogP contribution < -0.4 is 10.2 Å². The summed E-state index contributed by atoms with van der Waals surface area (Å²) in [5.41, 5.74) is 0. The van der Waals surface area contributed by atoms with Gasteiger partial charge >= 0.3 is 0 Å². The number of hydrogen-bond donors (Lipinski definition) is 2. The van der Waals surface area contributed by atoms with Gasteiger partial charge in [0.05, 0.1) is 6.20 Å². The summed E-state index contributed by atoms with van der Waals surface area (Å²) in [6.07, 6.45) is 5.97. The highest BCUT2D eigenvalue weighted by Crippen LogP contribution is 2.27. The lowest BCUT2D eigenvalue weighted by Gasteiger charge is -2.36. The molecule has 1 aliphatic rings. The van der Waals surface area contributed by atoms with Gasteiger partial charge in [-0.3, -0.25) is 0 Å². The van der Waals surface area contributed by atoms with Crippen molar-refractivity contribution in [3.8, 4) is 0 Å². The average Bonchev–Trinajstić information content (AvgIpc) is 2.47. The molecule has 0 radical (unpaired) electrons. The Bertz CT molecular complexity index is 428. The number of aromatic nitrogens is 2. The van der Waals surface area contributed by atoms with E-state index in [0.29, 0.717) is 18.2 Å². The molecule has 2 rings (SSSR count). The normalized spacial score (nSPS) is 19.1. The quantitative estimate of drug-likeness (QED) is 0.837. The fourth-order valence-electron chi connectivity index (χ4n) is 2.61. The number of piperidine rings is 1. The molecule has 5 nitrogen and oxygen atoms in total. The van der Waals surface area contributed by atoms with E-state index in [1.807, 2.05) is 4.90 Å². The van der Waals surface area contributed by atoms with Crippen molar-refractivity contribution < 1.29 is 9.50 Å². The minimum atomic E-state index is -0.392. The maximum atomic E-state index is 14.0. The zero-order valence-electron chi connectivity index (χ0n) is 12.0. The number of anilines is 2. The van der Waals surface area contributed by atoms with E-state index in [4.69, 9.17) is 5.11 Å². The SMILES string of the molecule is CCCNc1ncc(F)c(N2CCCCC2CCO)n1. The first-order valence-corrected chi connectivity index (χ1v) is 7.40. The number of nitrogens with one attached hydrogen (secondary N) is 1. The highest BCUT2D eigenvalue weighted by molar-refractivity contribution is 5.45. The highest BCUT2D eigenvalue weighted by atomic mass is 19.1. The number of aliphatic hydroxyl groups excluding tert-OH is 1. The molecule has 1 saturated heterocycles. The molecule has 2 N–H and O–H groups in total. The van der Waals surface area contributed by atoms with Gasteiger partial charge in [-0.1, -0.05) is 6.92 Å². The second-order valence-corrected chi connectivity index (χ2v) is 5.15. The summed E-state index contributed by atoms with van der Waals surface area (Å²) in [7, 11) is 0. The van der Waals surface area contributed by atoms with Crippen LogP contribution in [0.15, 0.2) is 6.20 Å². The van der Waals surface area contributed by atoms with Gasteiger partial charge in [0.2, 0.25) is 5.95 Å². The molecular weight excluding hydrogens is 259 g/mol. The van der Waals surface area contributed by atoms with Gasteiger partial charge in [-0.25, -0.2) is 9.37 Å². The minimum absolute atomic E-state index is 0.120. The number of rotatable bonds is 6. The second kappa shape index (κ2) is 7.38. The molecule has 0 amide bonds. The molecule has 20 heavy (non-hydrogen) atoms. The highest BCUT2D eigenvalue weighted by Gasteiger charge is 2.26. The molecule has 112 valence electrons. The van der Waals surface area contributed by atoms with Crippen molar-refractivity contribution in [2.24, 2.45) is 0 Å². The van der Waals surface area contributed by atoms with E-state index in [0.717, 1.165) is 38.8 Å². The van der Waals surface area contributed by atoms with Gasteiger partial charge in [0, 0.05) is 25.7 Å². The summed E-state index contributed by atoms with van der Waals surface area (Å²) < 4.78 is 14.0. The lowest BCUT2D eigenvalue weighted by Crippen LogP contribution is -2.41. The summed E-state index contributed by atoms with van der Waals surface area (Å²) in [6, 6.07) is 0.164. The van der Waals surface area contributed by atoms with E-state index >= 15 is 0 Å². The molecule has 1 aromatic heterocycles. The number of hydrogen-bond acceptors (Lipinski definition) is 5. The Labute approximate surface area is 119 Å². The predicted molar refractivity (Wildman–Crippen MR) is 77.5 cm³/mol. The Kier molecular flexibility index (Phi) is 5.52. The maximum absolute atomic E-state index is 14.0. The molecule has 2 heterocycles. The van der Waals surface area contributed by atoms with Crippen molar-refractivity contribution in [1.82, 2.24) is 9.97 Å². The van der Waals surface area contributed by atoms with Crippen LogP contribution in [0, 0.1) is 5.82 Å². The van der Waals surface area contributed by atoms with Crippen LogP contribution in [0.1, 0.15) is 39.0 Å². The monoisotopic (exact) mass is 282 g/mol. The first-order chi connectivity index (χ1) is 9.76. The van der Waals surface area contributed by atoms with Crippen molar-refractivity contribution in [3.05, 3.63) is 12.0 Å². The van der Waals surface area contributed by atoms with Gasteiger partial charge in [-0.2, -0.15) is 4.98 Å². The Balaban J connectivity index is 2.19. The minimum Gasteiger partial charge on any atom is -0.396 e. The molecule has 1 fully saturated rings. The Hall–Kier alpha value is -1.43. The molecule has 1 atom stereocenters. The third-order valence-corrected chi connectivity index (χ3v) is 3.62. The molecule has 0 aliphatic carbocycles. The molecule has 0 aromatic carbocycles. The van der Waals surface area contributed by atoms with Crippen molar-refractivity contribution in [2.45, 2.75) is 45.1 Å². The summed E-state index contributed by atoms with van der Waals surface area (Å²) >= 11 is 0. The van der Waals surface area contributed by atoms with Crippen LogP contribution in [-0.2, 0) is 0 Å². The molecule has 1 aromatic rings. The zero-order valence-corrected chi connectivity index (χ0v) is 12.0. The summed E-state index contributed by atoms with van der Waals surface area (Å²) in [6.45, 7) is 3.73. The lowest BCUT2D eigenvalue weighted by molar-refractivity contribution is 0.261. The Morgan fingerprint density at radius 3 is 3.10 bits per heavy atom. The van der Waals surface area contributed by atoms with E-state index in [1.165, 1.54) is 6.20 Å². The molecular formula is C14H23FN4O. The number of halogens is 1. The smallest absolute Gasteiger partial charge is 0.224 e. The third-order valence-electron chi connectivity index (χ3n) is 3.62. The predicted octanol–water partition coefficient (Wildman–Crippen LogP) is 2.18. The van der Waals surface area contributed by atoms with Gasteiger partial charge in [-0.05, 0) is 32.1 Å². The lowest BCUT2D eigenvalue weighted by atomic mass is 9.99. The molecule has 6 heteroatoms. The fourth-order valence-corrected chi connectivity index (χ4v) is 2.61. The molecule has 1 unspecified atom stereocenters. The van der Waals surface area contributed by atoms with Gasteiger partial charge in [0.25, 0.3) is 0 Å². The average molecular weight is 282 g/mol. The first kappa shape index (κ1) is 15.0. The summed E-state index contributed by atoms with van der Waals surface area (Å²) in [5, 5.41) is 12.2. The second-order valence-electron chi connectivity index (χ2n) is 5.15. The van der Waals surface area contributed by atoms with Crippen molar-refractivity contribution >= 4 is 11.8 Å². The molecule has 1 aliphatic heterocycles. The summed E-state index contributed by atoms with van der Waals surface area (Å²) in [5.74, 6) is 0.435. The van der Waals surface area contributed by atoms with Crippen LogP contribution in [0.25, 0.3) is 0 Å². The van der Waals surface area contributed by atoms with Gasteiger partial charge in [-0.15, -0.1) is 0 Å². The van der Waals surface area contributed by atoms with Crippen molar-refractivity contribution in [3.63, 3.8) is 0 Å². The zero-order chi connectivity index (χ0) is 14.4. The Morgan fingerprint density at radius 2 is 2.35 bits per heavy atom. The van der Waals surface area contributed by atoms with Crippen LogP contribution in [0.2, 0.25) is 0 Å². The largest absolute Gasteiger partial charge is 0.396 e.